The molecule has 3 nitrogen and oxygen atoms in total. The lowest BCUT2D eigenvalue weighted by Crippen LogP contribution is -2.42. The van der Waals surface area contributed by atoms with Crippen LogP contribution in [0.1, 0.15) is 18.4 Å². The minimum atomic E-state index is -4.35. The summed E-state index contributed by atoms with van der Waals surface area (Å²) in [4.78, 5) is 5.51. The van der Waals surface area contributed by atoms with Crippen LogP contribution >= 0.6 is 0 Å². The third-order valence-corrected chi connectivity index (χ3v) is 2.87. The molecule has 1 aromatic rings. The number of alkyl halides is 3. The Morgan fingerprint density at radius 1 is 1.35 bits per heavy atom. The van der Waals surface area contributed by atoms with Crippen molar-refractivity contribution in [1.82, 2.24) is 4.98 Å². The lowest BCUT2D eigenvalue weighted by molar-refractivity contribution is -0.137. The number of aromatic nitrogens is 1. The molecule has 0 spiro atoms. The van der Waals surface area contributed by atoms with Crippen LogP contribution < -0.4 is 10.6 Å². The molecule has 2 rings (SSSR count). The van der Waals surface area contributed by atoms with E-state index in [1.54, 1.807) is 0 Å². The molecule has 1 aliphatic heterocycles. The average Bonchev–Trinajstić information content (AvgIpc) is 2.28. The molecule has 94 valence electrons. The molecule has 0 amide bonds. The minimum Gasteiger partial charge on any atom is -0.369 e. The maximum atomic E-state index is 12.5. The van der Waals surface area contributed by atoms with E-state index in [4.69, 9.17) is 5.73 Å². The summed E-state index contributed by atoms with van der Waals surface area (Å²) in [6.45, 7) is 1.32. The van der Waals surface area contributed by atoms with E-state index in [0.717, 1.165) is 31.6 Å². The largest absolute Gasteiger partial charge is 0.417 e. The molecule has 1 saturated heterocycles. The highest BCUT2D eigenvalue weighted by molar-refractivity contribution is 5.47. The van der Waals surface area contributed by atoms with Gasteiger partial charge in [-0.25, -0.2) is 0 Å². The lowest BCUT2D eigenvalue weighted by atomic mass is 10.1. The molecule has 2 heterocycles. The van der Waals surface area contributed by atoms with Gasteiger partial charge in [-0.2, -0.15) is 13.2 Å². The summed E-state index contributed by atoms with van der Waals surface area (Å²) in [6.07, 6.45) is -0.234. The smallest absolute Gasteiger partial charge is 0.369 e. The van der Waals surface area contributed by atoms with E-state index in [9.17, 15) is 13.2 Å². The van der Waals surface area contributed by atoms with Crippen molar-refractivity contribution in [3.8, 4) is 0 Å². The molecule has 1 aromatic heterocycles. The fourth-order valence-corrected chi connectivity index (χ4v) is 2.00. The van der Waals surface area contributed by atoms with Gasteiger partial charge in [0.1, 0.15) is 0 Å². The molecule has 0 saturated carbocycles. The third-order valence-electron chi connectivity index (χ3n) is 2.87. The van der Waals surface area contributed by atoms with Gasteiger partial charge in [0.25, 0.3) is 0 Å². The Balaban J connectivity index is 2.21. The maximum Gasteiger partial charge on any atom is 0.417 e. The third kappa shape index (κ3) is 2.88. The fraction of sp³-hybridized carbons (Fsp3) is 0.545. The van der Waals surface area contributed by atoms with Gasteiger partial charge in [-0.05, 0) is 18.9 Å². The molecule has 1 atom stereocenters. The van der Waals surface area contributed by atoms with Crippen molar-refractivity contribution in [2.45, 2.75) is 25.1 Å². The van der Waals surface area contributed by atoms with Gasteiger partial charge in [0.15, 0.2) is 0 Å². The van der Waals surface area contributed by atoms with E-state index < -0.39 is 11.7 Å². The summed E-state index contributed by atoms with van der Waals surface area (Å²) >= 11 is 0. The van der Waals surface area contributed by atoms with Crippen molar-refractivity contribution in [2.24, 2.45) is 5.73 Å². The Hall–Kier alpha value is -1.30. The van der Waals surface area contributed by atoms with Crippen LogP contribution in [0.5, 0.6) is 0 Å². The van der Waals surface area contributed by atoms with Crippen LogP contribution in [0.3, 0.4) is 0 Å². The minimum absolute atomic E-state index is 0.0262. The van der Waals surface area contributed by atoms with Crippen LogP contribution in [0, 0.1) is 0 Å². The molecular weight excluding hydrogens is 231 g/mol. The zero-order valence-electron chi connectivity index (χ0n) is 9.24. The summed E-state index contributed by atoms with van der Waals surface area (Å²) in [5.74, 6) is 0. The zero-order chi connectivity index (χ0) is 12.5. The highest BCUT2D eigenvalue weighted by Gasteiger charge is 2.31. The van der Waals surface area contributed by atoms with E-state index in [1.807, 2.05) is 4.90 Å². The van der Waals surface area contributed by atoms with Crippen molar-refractivity contribution in [2.75, 3.05) is 18.0 Å². The van der Waals surface area contributed by atoms with E-state index in [1.165, 1.54) is 6.20 Å². The van der Waals surface area contributed by atoms with Crippen LogP contribution in [-0.4, -0.2) is 24.1 Å². The van der Waals surface area contributed by atoms with Crippen molar-refractivity contribution >= 4 is 5.69 Å². The Morgan fingerprint density at radius 3 is 2.76 bits per heavy atom. The van der Waals surface area contributed by atoms with Gasteiger partial charge in [-0.3, -0.25) is 4.98 Å². The molecular formula is C11H14F3N3. The van der Waals surface area contributed by atoms with Crippen LogP contribution in [-0.2, 0) is 6.18 Å². The number of nitrogens with zero attached hydrogens (tertiary/aromatic N) is 2. The SMILES string of the molecule is N[C@@H]1CCCN(c2cncc(C(F)(F)F)c2)C1. The first-order valence-electron chi connectivity index (χ1n) is 5.49. The standard InChI is InChI=1S/C11H14F3N3/c12-11(13,14)8-4-10(6-16-5-8)17-3-1-2-9(15)7-17/h4-6,9H,1-3,7,15H2/t9-/m1/s1. The Labute approximate surface area is 97.4 Å². The van der Waals surface area contributed by atoms with Gasteiger partial charge in [-0.15, -0.1) is 0 Å². The van der Waals surface area contributed by atoms with Crippen LogP contribution in [0.2, 0.25) is 0 Å². The summed E-state index contributed by atoms with van der Waals surface area (Å²) in [7, 11) is 0. The predicted octanol–water partition coefficient (Wildman–Crippen LogP) is 2.03. The van der Waals surface area contributed by atoms with Crippen molar-refractivity contribution in [3.05, 3.63) is 24.0 Å². The highest BCUT2D eigenvalue weighted by Crippen LogP contribution is 2.31. The number of nitrogens with two attached hydrogens (primary N) is 1. The molecule has 0 unspecified atom stereocenters. The Kier molecular flexibility index (Phi) is 3.24. The maximum absolute atomic E-state index is 12.5. The van der Waals surface area contributed by atoms with E-state index in [-0.39, 0.29) is 6.04 Å². The van der Waals surface area contributed by atoms with E-state index in [0.29, 0.717) is 12.2 Å². The Morgan fingerprint density at radius 2 is 2.12 bits per heavy atom. The van der Waals surface area contributed by atoms with E-state index >= 15 is 0 Å². The number of rotatable bonds is 1. The number of anilines is 1. The number of hydrogen-bond donors (Lipinski definition) is 1. The molecule has 0 aliphatic carbocycles. The molecule has 1 aliphatic rings. The predicted molar refractivity (Wildman–Crippen MR) is 58.7 cm³/mol. The van der Waals surface area contributed by atoms with Crippen molar-refractivity contribution in [3.63, 3.8) is 0 Å². The number of piperidine rings is 1. The first kappa shape index (κ1) is 12.2. The normalized spacial score (nSPS) is 21.6. The van der Waals surface area contributed by atoms with Crippen LogP contribution in [0.4, 0.5) is 18.9 Å². The average molecular weight is 245 g/mol. The Bertz CT molecular complexity index is 392. The van der Waals surface area contributed by atoms with Crippen LogP contribution in [0.15, 0.2) is 18.5 Å². The van der Waals surface area contributed by atoms with Crippen molar-refractivity contribution in [1.29, 1.82) is 0 Å². The highest BCUT2D eigenvalue weighted by atomic mass is 19.4. The monoisotopic (exact) mass is 245 g/mol. The second kappa shape index (κ2) is 4.52. The fourth-order valence-electron chi connectivity index (χ4n) is 2.00. The zero-order valence-corrected chi connectivity index (χ0v) is 9.24. The first-order chi connectivity index (χ1) is 7.97. The summed E-state index contributed by atoms with van der Waals surface area (Å²) in [6, 6.07) is 1.16. The molecule has 0 bridgehead atoms. The van der Waals surface area contributed by atoms with Gasteiger partial charge in [0, 0.05) is 25.3 Å². The molecule has 6 heteroatoms. The van der Waals surface area contributed by atoms with E-state index in [2.05, 4.69) is 4.98 Å². The second-order valence-electron chi connectivity index (χ2n) is 4.28. The van der Waals surface area contributed by atoms with Gasteiger partial charge < -0.3 is 10.6 Å². The van der Waals surface area contributed by atoms with Gasteiger partial charge in [-0.1, -0.05) is 0 Å². The number of halogens is 3. The summed E-state index contributed by atoms with van der Waals surface area (Å²) < 4.78 is 37.6. The van der Waals surface area contributed by atoms with Crippen molar-refractivity contribution < 1.29 is 13.2 Å². The molecule has 0 aromatic carbocycles. The number of hydrogen-bond acceptors (Lipinski definition) is 3. The molecule has 17 heavy (non-hydrogen) atoms. The number of pyridine rings is 1. The quantitative estimate of drug-likeness (QED) is 0.823. The lowest BCUT2D eigenvalue weighted by Gasteiger charge is -2.32. The topological polar surface area (TPSA) is 42.1 Å². The molecule has 1 fully saturated rings. The van der Waals surface area contributed by atoms with Gasteiger partial charge >= 0.3 is 6.18 Å². The second-order valence-corrected chi connectivity index (χ2v) is 4.28. The first-order valence-corrected chi connectivity index (χ1v) is 5.49. The molecule has 2 N–H and O–H groups in total. The van der Waals surface area contributed by atoms with Gasteiger partial charge in [0.05, 0.1) is 17.4 Å². The summed E-state index contributed by atoms with van der Waals surface area (Å²) in [5, 5.41) is 0. The summed E-state index contributed by atoms with van der Waals surface area (Å²) in [5.41, 5.74) is 5.58. The van der Waals surface area contributed by atoms with Gasteiger partial charge in [0.2, 0.25) is 0 Å². The molecule has 0 radical (unpaired) electrons. The van der Waals surface area contributed by atoms with Crippen LogP contribution in [0.25, 0.3) is 0 Å².